The molecule has 6 nitrogen and oxygen atoms in total. The molecule has 0 saturated carbocycles. The maximum Gasteiger partial charge on any atom is 0.310 e. The first-order chi connectivity index (χ1) is 12.6. The van der Waals surface area contributed by atoms with Gasteiger partial charge in [-0.3, -0.25) is 14.7 Å². The lowest BCUT2D eigenvalue weighted by molar-refractivity contribution is -0.140. The Morgan fingerprint density at radius 1 is 1.46 bits per heavy atom. The van der Waals surface area contributed by atoms with E-state index in [9.17, 15) is 4.79 Å². The Kier molecular flexibility index (Phi) is 8.41. The zero-order valence-electron chi connectivity index (χ0n) is 15.9. The number of piperidine rings is 1. The van der Waals surface area contributed by atoms with Gasteiger partial charge >= 0.3 is 5.97 Å². The molecular formula is C20H31N3O3. The van der Waals surface area contributed by atoms with Crippen LogP contribution in [0.25, 0.3) is 0 Å². The summed E-state index contributed by atoms with van der Waals surface area (Å²) in [7, 11) is 1.91. The van der Waals surface area contributed by atoms with E-state index in [1.807, 2.05) is 25.4 Å². The molecule has 0 amide bonds. The fourth-order valence-electron chi connectivity index (χ4n) is 3.12. The Balaban J connectivity index is 1.69. The minimum Gasteiger partial charge on any atom is -0.494 e. The molecule has 0 aromatic rings. The molecule has 1 saturated heterocycles. The number of hydrogen-bond donors (Lipinski definition) is 2. The highest BCUT2D eigenvalue weighted by atomic mass is 16.5. The van der Waals surface area contributed by atoms with E-state index >= 15 is 0 Å². The van der Waals surface area contributed by atoms with Gasteiger partial charge in [0.25, 0.3) is 0 Å². The van der Waals surface area contributed by atoms with Crippen LogP contribution in [0.3, 0.4) is 0 Å². The molecule has 0 spiro atoms. The highest BCUT2D eigenvalue weighted by Crippen LogP contribution is 2.22. The van der Waals surface area contributed by atoms with Gasteiger partial charge in [0.15, 0.2) is 0 Å². The predicted molar refractivity (Wildman–Crippen MR) is 104 cm³/mol. The molecule has 2 N–H and O–H groups in total. The number of carboxylic acids is 1. The van der Waals surface area contributed by atoms with Crippen LogP contribution < -0.4 is 5.32 Å². The lowest BCUT2D eigenvalue weighted by Gasteiger charge is -2.30. The van der Waals surface area contributed by atoms with Gasteiger partial charge in [0.1, 0.15) is 5.76 Å². The molecule has 2 aliphatic rings. The zero-order valence-corrected chi connectivity index (χ0v) is 15.9. The van der Waals surface area contributed by atoms with E-state index in [4.69, 9.17) is 9.84 Å². The van der Waals surface area contributed by atoms with Crippen LogP contribution in [0.2, 0.25) is 0 Å². The minimum absolute atomic E-state index is 0.459. The monoisotopic (exact) mass is 361 g/mol. The fraction of sp³-hybridized carbons (Fsp3) is 0.600. The van der Waals surface area contributed by atoms with E-state index < -0.39 is 11.9 Å². The first-order valence-electron chi connectivity index (χ1n) is 9.46. The molecule has 2 rings (SSSR count). The van der Waals surface area contributed by atoms with Crippen molar-refractivity contribution in [3.8, 4) is 0 Å². The van der Waals surface area contributed by atoms with Crippen molar-refractivity contribution in [3.05, 3.63) is 35.8 Å². The summed E-state index contributed by atoms with van der Waals surface area (Å²) in [5, 5.41) is 12.2. The molecule has 6 heteroatoms. The van der Waals surface area contributed by atoms with Crippen molar-refractivity contribution in [2.24, 2.45) is 16.8 Å². The second-order valence-corrected chi connectivity index (χ2v) is 6.80. The number of nitrogens with zero attached hydrogens (tertiary/aromatic N) is 2. The third-order valence-electron chi connectivity index (χ3n) is 4.77. The Bertz CT molecular complexity index is 573. The maximum atomic E-state index is 11.1. The second kappa shape index (κ2) is 10.8. The standard InChI is InChI=1S/C20H31N3O3/c1-3-5-18(21-2)13-22-15-23-10-8-16(9-11-23)14-26-19-7-4-6-17(12-19)20(24)25/h4-5,7,12-13,16-17,21H,3,6,8-11,14-15H2,1-2H3,(H,24,25)/b18-5+,22-13-. The molecular weight excluding hydrogens is 330 g/mol. The van der Waals surface area contributed by atoms with Gasteiger partial charge in [-0.15, -0.1) is 0 Å². The van der Waals surface area contributed by atoms with E-state index in [1.165, 1.54) is 0 Å². The summed E-state index contributed by atoms with van der Waals surface area (Å²) in [4.78, 5) is 17.9. The van der Waals surface area contributed by atoms with Gasteiger partial charge in [-0.2, -0.15) is 0 Å². The molecule has 144 valence electrons. The van der Waals surface area contributed by atoms with Crippen molar-refractivity contribution in [2.75, 3.05) is 33.4 Å². The number of nitrogens with one attached hydrogen (secondary N) is 1. The highest BCUT2D eigenvalue weighted by molar-refractivity contribution is 5.77. The van der Waals surface area contributed by atoms with E-state index in [0.717, 1.165) is 44.7 Å². The summed E-state index contributed by atoms with van der Waals surface area (Å²) in [5.41, 5.74) is 1.06. The minimum atomic E-state index is -0.792. The van der Waals surface area contributed by atoms with E-state index in [1.54, 1.807) is 6.08 Å². The Morgan fingerprint density at radius 3 is 2.88 bits per heavy atom. The number of carboxylic acid groups (broad SMARTS) is 1. The Labute approximate surface area is 156 Å². The summed E-state index contributed by atoms with van der Waals surface area (Å²) >= 11 is 0. The topological polar surface area (TPSA) is 74.2 Å². The molecule has 1 aliphatic carbocycles. The summed E-state index contributed by atoms with van der Waals surface area (Å²) in [6, 6.07) is 0. The summed E-state index contributed by atoms with van der Waals surface area (Å²) in [6.07, 6.45) is 13.2. The van der Waals surface area contributed by atoms with E-state index in [2.05, 4.69) is 28.2 Å². The van der Waals surface area contributed by atoms with Crippen LogP contribution in [-0.4, -0.2) is 55.6 Å². The number of ether oxygens (including phenoxy) is 1. The van der Waals surface area contributed by atoms with Crippen LogP contribution in [0.1, 0.15) is 32.6 Å². The van der Waals surface area contributed by atoms with Crippen LogP contribution in [-0.2, 0) is 9.53 Å². The van der Waals surface area contributed by atoms with Crippen molar-refractivity contribution in [3.63, 3.8) is 0 Å². The Hall–Kier alpha value is -2.08. The molecule has 1 unspecified atom stereocenters. The largest absolute Gasteiger partial charge is 0.494 e. The number of rotatable bonds is 9. The van der Waals surface area contributed by atoms with Crippen LogP contribution >= 0.6 is 0 Å². The van der Waals surface area contributed by atoms with Gasteiger partial charge in [-0.25, -0.2) is 0 Å². The smallest absolute Gasteiger partial charge is 0.310 e. The molecule has 1 atom stereocenters. The molecule has 0 bridgehead atoms. The van der Waals surface area contributed by atoms with Gasteiger partial charge in [0.2, 0.25) is 0 Å². The number of hydrogen-bond acceptors (Lipinski definition) is 5. The molecule has 0 radical (unpaired) electrons. The zero-order chi connectivity index (χ0) is 18.8. The second-order valence-electron chi connectivity index (χ2n) is 6.80. The first-order valence-corrected chi connectivity index (χ1v) is 9.46. The van der Waals surface area contributed by atoms with Gasteiger partial charge in [0, 0.05) is 32.0 Å². The molecule has 26 heavy (non-hydrogen) atoms. The van der Waals surface area contributed by atoms with Crippen molar-refractivity contribution < 1.29 is 14.6 Å². The summed E-state index contributed by atoms with van der Waals surface area (Å²) in [5.74, 6) is -0.0425. The quantitative estimate of drug-likeness (QED) is 0.618. The predicted octanol–water partition coefficient (Wildman–Crippen LogP) is 2.80. The fourth-order valence-corrected chi connectivity index (χ4v) is 3.12. The summed E-state index contributed by atoms with van der Waals surface area (Å²) < 4.78 is 5.84. The number of aliphatic imine (C=N–C) groups is 1. The van der Waals surface area contributed by atoms with Crippen LogP contribution in [0, 0.1) is 11.8 Å². The average Bonchev–Trinajstić information content (AvgIpc) is 2.67. The van der Waals surface area contributed by atoms with Crippen molar-refractivity contribution >= 4 is 12.2 Å². The normalized spacial score (nSPS) is 22.5. The van der Waals surface area contributed by atoms with Crippen LogP contribution in [0.15, 0.2) is 40.8 Å². The third-order valence-corrected chi connectivity index (χ3v) is 4.77. The van der Waals surface area contributed by atoms with Crippen LogP contribution in [0.4, 0.5) is 0 Å². The first kappa shape index (κ1) is 20.2. The van der Waals surface area contributed by atoms with Gasteiger partial charge < -0.3 is 15.2 Å². The average molecular weight is 361 g/mol. The molecule has 0 aromatic carbocycles. The Morgan fingerprint density at radius 2 is 2.23 bits per heavy atom. The molecule has 0 aromatic heterocycles. The molecule has 1 fully saturated rings. The number of allylic oxidation sites excluding steroid dienone is 4. The van der Waals surface area contributed by atoms with Gasteiger partial charge in [0.05, 0.1) is 19.2 Å². The van der Waals surface area contributed by atoms with Gasteiger partial charge in [-0.1, -0.05) is 19.1 Å². The van der Waals surface area contributed by atoms with E-state index in [-0.39, 0.29) is 0 Å². The SMILES string of the molecule is CC/C=C(\C=N/CN1CCC(COC2=CC(C(=O)O)CC=C2)CC1)NC. The molecule has 1 aliphatic heterocycles. The number of carbonyl (C=O) groups is 1. The third kappa shape index (κ3) is 6.67. The lowest BCUT2D eigenvalue weighted by atomic mass is 9.97. The van der Waals surface area contributed by atoms with Crippen molar-refractivity contribution in [2.45, 2.75) is 32.6 Å². The number of aliphatic carboxylic acids is 1. The molecule has 1 heterocycles. The van der Waals surface area contributed by atoms with Crippen LogP contribution in [0.5, 0.6) is 0 Å². The van der Waals surface area contributed by atoms with Gasteiger partial charge in [-0.05, 0) is 43.8 Å². The van der Waals surface area contributed by atoms with Crippen molar-refractivity contribution in [1.82, 2.24) is 10.2 Å². The van der Waals surface area contributed by atoms with Crippen molar-refractivity contribution in [1.29, 1.82) is 0 Å². The maximum absolute atomic E-state index is 11.1. The van der Waals surface area contributed by atoms with E-state index in [0.29, 0.717) is 24.7 Å². The summed E-state index contributed by atoms with van der Waals surface area (Å²) in [6.45, 7) is 5.53. The highest BCUT2D eigenvalue weighted by Gasteiger charge is 2.21. The lowest BCUT2D eigenvalue weighted by Crippen LogP contribution is -2.35. The number of likely N-dealkylation sites (tertiary alicyclic amines) is 1.